The van der Waals surface area contributed by atoms with E-state index in [1.807, 2.05) is 11.9 Å². The Bertz CT molecular complexity index is 687. The van der Waals surface area contributed by atoms with Crippen molar-refractivity contribution in [2.45, 2.75) is 32.2 Å². The topological polar surface area (TPSA) is 96.3 Å². The van der Waals surface area contributed by atoms with Gasteiger partial charge in [0.25, 0.3) is 0 Å². The minimum atomic E-state index is -0.900. The molecule has 0 saturated carbocycles. The molecule has 25 heavy (non-hydrogen) atoms. The number of phenols is 1. The number of phenolic OH excluding ortho intramolecular Hbond substituents is 1. The number of carboxylic acid groups (broad SMARTS) is 1. The minimum Gasteiger partial charge on any atom is -0.507 e. The van der Waals surface area contributed by atoms with Crippen molar-refractivity contribution in [2.24, 2.45) is 5.92 Å². The van der Waals surface area contributed by atoms with Crippen LogP contribution in [0.5, 0.6) is 17.2 Å². The van der Waals surface area contributed by atoms with E-state index >= 15 is 0 Å². The zero-order chi connectivity index (χ0) is 18.9. The standard InChI is InChI=1S/C18H25NO6/c1-9(18(22)23)16-11(6-7-19(16)3)15-13(25-5)8-12(24-4)14(10(2)20)17(15)21/h8-9,11,16,21H,6-7H2,1-5H3,(H,22,23)/t9?,11-,16-/m1/s1. The van der Waals surface area contributed by atoms with Crippen molar-refractivity contribution in [3.8, 4) is 17.2 Å². The predicted molar refractivity (Wildman–Crippen MR) is 91.8 cm³/mol. The number of likely N-dealkylation sites (N-methyl/N-ethyl adjacent to an activating group) is 1. The lowest BCUT2D eigenvalue weighted by Gasteiger charge is -2.30. The second-order valence-corrected chi connectivity index (χ2v) is 6.47. The number of carbonyl (C=O) groups is 2. The highest BCUT2D eigenvalue weighted by atomic mass is 16.5. The number of carbonyl (C=O) groups excluding carboxylic acids is 1. The van der Waals surface area contributed by atoms with Gasteiger partial charge in [-0.25, -0.2) is 0 Å². The monoisotopic (exact) mass is 351 g/mol. The summed E-state index contributed by atoms with van der Waals surface area (Å²) < 4.78 is 10.6. The van der Waals surface area contributed by atoms with Crippen LogP contribution in [0.25, 0.3) is 0 Å². The Morgan fingerprint density at radius 3 is 2.36 bits per heavy atom. The van der Waals surface area contributed by atoms with E-state index < -0.39 is 11.9 Å². The fraction of sp³-hybridized carbons (Fsp3) is 0.556. The molecule has 1 aromatic rings. The highest BCUT2D eigenvalue weighted by Crippen LogP contribution is 2.48. The number of ketones is 1. The molecule has 138 valence electrons. The summed E-state index contributed by atoms with van der Waals surface area (Å²) in [4.78, 5) is 25.5. The normalized spacial score (nSPS) is 21.8. The number of rotatable bonds is 6. The van der Waals surface area contributed by atoms with Crippen LogP contribution in [0.2, 0.25) is 0 Å². The number of Topliss-reactive ketones (excluding diaryl/α,β-unsaturated/α-hetero) is 1. The molecule has 1 fully saturated rings. The molecule has 0 aromatic heterocycles. The van der Waals surface area contributed by atoms with E-state index in [1.165, 1.54) is 21.1 Å². The van der Waals surface area contributed by atoms with Crippen molar-refractivity contribution in [1.29, 1.82) is 0 Å². The summed E-state index contributed by atoms with van der Waals surface area (Å²) in [5.41, 5.74) is 0.561. The number of ether oxygens (including phenoxy) is 2. The number of hydrogen-bond donors (Lipinski definition) is 2. The Labute approximate surface area is 147 Å². The maximum absolute atomic E-state index is 12.0. The van der Waals surface area contributed by atoms with Gasteiger partial charge in [-0.2, -0.15) is 0 Å². The third-order valence-electron chi connectivity index (χ3n) is 5.04. The molecule has 1 heterocycles. The van der Waals surface area contributed by atoms with Gasteiger partial charge in [0.15, 0.2) is 5.78 Å². The zero-order valence-electron chi connectivity index (χ0n) is 15.2. The Morgan fingerprint density at radius 1 is 1.28 bits per heavy atom. The number of likely N-dealkylation sites (tertiary alicyclic amines) is 1. The second-order valence-electron chi connectivity index (χ2n) is 6.47. The van der Waals surface area contributed by atoms with Crippen molar-refractivity contribution >= 4 is 11.8 Å². The van der Waals surface area contributed by atoms with E-state index in [2.05, 4.69) is 0 Å². The van der Waals surface area contributed by atoms with Crippen LogP contribution >= 0.6 is 0 Å². The lowest BCUT2D eigenvalue weighted by atomic mass is 9.82. The largest absolute Gasteiger partial charge is 0.507 e. The summed E-state index contributed by atoms with van der Waals surface area (Å²) in [5.74, 6) is -1.69. The van der Waals surface area contributed by atoms with Gasteiger partial charge in [0.05, 0.1) is 20.1 Å². The predicted octanol–water partition coefficient (Wildman–Crippen LogP) is 2.12. The van der Waals surface area contributed by atoms with E-state index in [-0.39, 0.29) is 34.8 Å². The van der Waals surface area contributed by atoms with E-state index in [4.69, 9.17) is 9.47 Å². The molecular weight excluding hydrogens is 326 g/mol. The van der Waals surface area contributed by atoms with Gasteiger partial charge in [-0.05, 0) is 26.9 Å². The summed E-state index contributed by atoms with van der Waals surface area (Å²) in [6.45, 7) is 3.70. The molecule has 0 amide bonds. The highest BCUT2D eigenvalue weighted by Gasteiger charge is 2.42. The van der Waals surface area contributed by atoms with Crippen LogP contribution < -0.4 is 9.47 Å². The van der Waals surface area contributed by atoms with Gasteiger partial charge in [-0.1, -0.05) is 6.92 Å². The smallest absolute Gasteiger partial charge is 0.307 e. The molecule has 7 nitrogen and oxygen atoms in total. The molecule has 7 heteroatoms. The van der Waals surface area contributed by atoms with Gasteiger partial charge < -0.3 is 24.6 Å². The zero-order valence-corrected chi connectivity index (χ0v) is 15.2. The first-order valence-corrected chi connectivity index (χ1v) is 8.16. The molecule has 2 rings (SSSR count). The Kier molecular flexibility index (Phi) is 5.57. The van der Waals surface area contributed by atoms with Crippen LogP contribution in [0.15, 0.2) is 6.07 Å². The average Bonchev–Trinajstić information content (AvgIpc) is 2.93. The van der Waals surface area contributed by atoms with Crippen molar-refractivity contribution in [1.82, 2.24) is 4.90 Å². The number of aromatic hydroxyl groups is 1. The molecule has 1 saturated heterocycles. The lowest BCUT2D eigenvalue weighted by Crippen LogP contribution is -2.38. The molecule has 3 atom stereocenters. The Balaban J connectivity index is 2.66. The molecule has 0 bridgehead atoms. The maximum Gasteiger partial charge on any atom is 0.307 e. The van der Waals surface area contributed by atoms with E-state index in [0.717, 1.165) is 0 Å². The molecule has 1 aliphatic heterocycles. The first kappa shape index (κ1) is 19.1. The van der Waals surface area contributed by atoms with Crippen LogP contribution in [0.3, 0.4) is 0 Å². The van der Waals surface area contributed by atoms with E-state index in [1.54, 1.807) is 13.0 Å². The first-order chi connectivity index (χ1) is 11.7. The van der Waals surface area contributed by atoms with Gasteiger partial charge in [-0.3, -0.25) is 9.59 Å². The van der Waals surface area contributed by atoms with Gasteiger partial charge in [0.1, 0.15) is 22.8 Å². The fourth-order valence-corrected chi connectivity index (χ4v) is 3.83. The van der Waals surface area contributed by atoms with Gasteiger partial charge >= 0.3 is 5.97 Å². The van der Waals surface area contributed by atoms with Gasteiger partial charge in [0, 0.05) is 23.6 Å². The van der Waals surface area contributed by atoms with E-state index in [9.17, 15) is 19.8 Å². The highest BCUT2D eigenvalue weighted by molar-refractivity contribution is 6.00. The van der Waals surface area contributed by atoms with Crippen LogP contribution in [-0.4, -0.2) is 60.7 Å². The summed E-state index contributed by atoms with van der Waals surface area (Å²) >= 11 is 0. The van der Waals surface area contributed by atoms with Crippen LogP contribution in [-0.2, 0) is 4.79 Å². The van der Waals surface area contributed by atoms with Crippen molar-refractivity contribution in [3.05, 3.63) is 17.2 Å². The summed E-state index contributed by atoms with van der Waals surface area (Å²) in [7, 11) is 4.75. The molecule has 0 spiro atoms. The number of methoxy groups -OCH3 is 2. The summed E-state index contributed by atoms with van der Waals surface area (Å²) in [6.07, 6.45) is 0.659. The maximum atomic E-state index is 12.0. The van der Waals surface area contributed by atoms with Gasteiger partial charge in [0.2, 0.25) is 0 Å². The van der Waals surface area contributed by atoms with Crippen molar-refractivity contribution in [2.75, 3.05) is 27.8 Å². The van der Waals surface area contributed by atoms with Crippen LogP contribution in [0.4, 0.5) is 0 Å². The fourth-order valence-electron chi connectivity index (χ4n) is 3.83. The quantitative estimate of drug-likeness (QED) is 0.758. The first-order valence-electron chi connectivity index (χ1n) is 8.16. The molecule has 1 unspecified atom stereocenters. The number of carboxylic acids is 1. The SMILES string of the molecule is COc1cc(OC)c([C@H]2CCN(C)[C@@H]2C(C)C(=O)O)c(O)c1C(C)=O. The van der Waals surface area contributed by atoms with Crippen LogP contribution in [0, 0.1) is 5.92 Å². The second kappa shape index (κ2) is 7.31. The average molecular weight is 351 g/mol. The molecular formula is C18H25NO6. The number of hydrogen-bond acceptors (Lipinski definition) is 6. The number of benzene rings is 1. The third kappa shape index (κ3) is 3.28. The summed E-state index contributed by atoms with van der Waals surface area (Å²) in [5, 5.41) is 20.3. The minimum absolute atomic E-state index is 0.0922. The molecule has 0 aliphatic carbocycles. The van der Waals surface area contributed by atoms with Crippen molar-refractivity contribution in [3.63, 3.8) is 0 Å². The lowest BCUT2D eigenvalue weighted by molar-refractivity contribution is -0.143. The molecule has 1 aromatic carbocycles. The molecule has 1 aliphatic rings. The molecule has 0 radical (unpaired) electrons. The van der Waals surface area contributed by atoms with Gasteiger partial charge in [-0.15, -0.1) is 0 Å². The summed E-state index contributed by atoms with van der Waals surface area (Å²) in [6, 6.07) is 1.26. The van der Waals surface area contributed by atoms with Crippen LogP contribution in [0.1, 0.15) is 42.1 Å². The molecule has 2 N–H and O–H groups in total. The Morgan fingerprint density at radius 2 is 1.88 bits per heavy atom. The number of nitrogens with zero attached hydrogens (tertiary/aromatic N) is 1. The van der Waals surface area contributed by atoms with E-state index in [0.29, 0.717) is 24.3 Å². The Hall–Kier alpha value is -2.28. The van der Waals surface area contributed by atoms with Crippen molar-refractivity contribution < 1.29 is 29.3 Å². The third-order valence-corrected chi connectivity index (χ3v) is 5.04. The number of aliphatic carboxylic acids is 1.